The van der Waals surface area contributed by atoms with Crippen molar-refractivity contribution >= 4 is 11.7 Å². The molecule has 1 aromatic rings. The molecule has 0 radical (unpaired) electrons. The summed E-state index contributed by atoms with van der Waals surface area (Å²) in [7, 11) is 0. The fraction of sp³-hybridized carbons (Fsp3) is 0.462. The van der Waals surface area contributed by atoms with Gasteiger partial charge in [-0.1, -0.05) is 0 Å². The van der Waals surface area contributed by atoms with Crippen LogP contribution in [0.1, 0.15) is 12.5 Å². The zero-order chi connectivity index (χ0) is 15.6. The van der Waals surface area contributed by atoms with E-state index in [1.165, 1.54) is 0 Å². The van der Waals surface area contributed by atoms with E-state index in [2.05, 4.69) is 0 Å². The predicted octanol–water partition coefficient (Wildman–Crippen LogP) is 1.41. The molecule has 0 atom stereocenters. The normalized spacial score (nSPS) is 17.2. The summed E-state index contributed by atoms with van der Waals surface area (Å²) >= 11 is 0. The number of halogens is 1. The van der Waals surface area contributed by atoms with Crippen LogP contribution in [0.4, 0.5) is 10.1 Å². The number of carboxylic acid groups (broad SMARTS) is 1. The van der Waals surface area contributed by atoms with E-state index >= 15 is 0 Å². The highest BCUT2D eigenvalue weighted by atomic mass is 19.1. The number of carbonyl (C=O) groups is 1. The van der Waals surface area contributed by atoms with Gasteiger partial charge in [0.05, 0.1) is 10.5 Å². The van der Waals surface area contributed by atoms with Gasteiger partial charge in [-0.3, -0.25) is 15.0 Å². The SMILES string of the molecule is CC1(OCC(=O)O)CN(Cc2cc(F)ccc2[N+](=O)[O-])C1. The van der Waals surface area contributed by atoms with Gasteiger partial charge in [0, 0.05) is 31.3 Å². The second-order valence-electron chi connectivity index (χ2n) is 5.31. The average molecular weight is 298 g/mol. The van der Waals surface area contributed by atoms with Gasteiger partial charge in [-0.25, -0.2) is 9.18 Å². The Hall–Kier alpha value is -2.06. The molecule has 2 rings (SSSR count). The summed E-state index contributed by atoms with van der Waals surface area (Å²) in [5.74, 6) is -1.57. The number of aliphatic carboxylic acids is 1. The van der Waals surface area contributed by atoms with Gasteiger partial charge in [0.1, 0.15) is 12.4 Å². The Balaban J connectivity index is 1.97. The summed E-state index contributed by atoms with van der Waals surface area (Å²) in [5, 5.41) is 19.5. The molecule has 0 unspecified atom stereocenters. The van der Waals surface area contributed by atoms with Gasteiger partial charge >= 0.3 is 5.97 Å². The Morgan fingerprint density at radius 3 is 2.81 bits per heavy atom. The van der Waals surface area contributed by atoms with Crippen molar-refractivity contribution in [3.63, 3.8) is 0 Å². The molecule has 7 nitrogen and oxygen atoms in total. The first-order valence-corrected chi connectivity index (χ1v) is 6.30. The Bertz CT molecular complexity index is 572. The number of carboxylic acids is 1. The average Bonchev–Trinajstić information content (AvgIpc) is 2.34. The minimum Gasteiger partial charge on any atom is -0.480 e. The maximum Gasteiger partial charge on any atom is 0.329 e. The van der Waals surface area contributed by atoms with Gasteiger partial charge < -0.3 is 9.84 Å². The van der Waals surface area contributed by atoms with E-state index in [-0.39, 0.29) is 18.8 Å². The molecule has 114 valence electrons. The second kappa shape index (κ2) is 5.74. The molecule has 1 aliphatic heterocycles. The van der Waals surface area contributed by atoms with Crippen molar-refractivity contribution in [1.82, 2.24) is 4.90 Å². The highest BCUT2D eigenvalue weighted by Gasteiger charge is 2.40. The number of nitro benzene ring substituents is 1. The van der Waals surface area contributed by atoms with Crippen molar-refractivity contribution < 1.29 is 24.0 Å². The molecule has 0 aromatic heterocycles. The first-order valence-electron chi connectivity index (χ1n) is 6.30. The zero-order valence-corrected chi connectivity index (χ0v) is 11.4. The Kier molecular flexibility index (Phi) is 4.19. The lowest BCUT2D eigenvalue weighted by Crippen LogP contribution is -2.61. The van der Waals surface area contributed by atoms with Crippen LogP contribution in [-0.2, 0) is 16.1 Å². The number of benzene rings is 1. The molecule has 0 saturated carbocycles. The van der Waals surface area contributed by atoms with Crippen molar-refractivity contribution in [3.05, 3.63) is 39.7 Å². The molecule has 0 aliphatic carbocycles. The van der Waals surface area contributed by atoms with Crippen molar-refractivity contribution in [3.8, 4) is 0 Å². The number of hydrogen-bond acceptors (Lipinski definition) is 5. The van der Waals surface area contributed by atoms with E-state index in [1.807, 2.05) is 4.90 Å². The van der Waals surface area contributed by atoms with E-state index in [0.29, 0.717) is 18.7 Å². The number of hydrogen-bond donors (Lipinski definition) is 1. The standard InChI is InChI=1S/C13H15FN2O5/c1-13(21-6-12(17)18)7-15(8-13)5-9-4-10(14)2-3-11(9)16(19)20/h2-4H,5-8H2,1H3,(H,17,18). The first kappa shape index (κ1) is 15.3. The second-order valence-corrected chi connectivity index (χ2v) is 5.31. The van der Waals surface area contributed by atoms with Crippen LogP contribution >= 0.6 is 0 Å². The number of nitro groups is 1. The summed E-state index contributed by atoms with van der Waals surface area (Å²) in [4.78, 5) is 22.7. The Labute approximate surface area is 120 Å². The Morgan fingerprint density at radius 2 is 2.24 bits per heavy atom. The molecule has 1 fully saturated rings. The topological polar surface area (TPSA) is 92.9 Å². The summed E-state index contributed by atoms with van der Waals surface area (Å²) < 4.78 is 18.5. The molecule has 1 aromatic carbocycles. The van der Waals surface area contributed by atoms with Crippen molar-refractivity contribution in [2.24, 2.45) is 0 Å². The smallest absolute Gasteiger partial charge is 0.329 e. The van der Waals surface area contributed by atoms with Crippen LogP contribution in [-0.4, -0.2) is 46.2 Å². The largest absolute Gasteiger partial charge is 0.480 e. The van der Waals surface area contributed by atoms with E-state index in [0.717, 1.165) is 18.2 Å². The van der Waals surface area contributed by atoms with Gasteiger partial charge in [-0.15, -0.1) is 0 Å². The van der Waals surface area contributed by atoms with Crippen LogP contribution in [0.2, 0.25) is 0 Å². The number of likely N-dealkylation sites (tertiary alicyclic amines) is 1. The zero-order valence-electron chi connectivity index (χ0n) is 11.4. The van der Waals surface area contributed by atoms with Crippen LogP contribution in [0, 0.1) is 15.9 Å². The third kappa shape index (κ3) is 3.73. The lowest BCUT2D eigenvalue weighted by atomic mass is 9.95. The Morgan fingerprint density at radius 1 is 1.57 bits per heavy atom. The fourth-order valence-corrected chi connectivity index (χ4v) is 2.44. The summed E-state index contributed by atoms with van der Waals surface area (Å²) in [5.41, 5.74) is -0.419. The summed E-state index contributed by atoms with van der Waals surface area (Å²) in [6.07, 6.45) is 0. The van der Waals surface area contributed by atoms with Crippen molar-refractivity contribution in [1.29, 1.82) is 0 Å². The maximum absolute atomic E-state index is 13.2. The summed E-state index contributed by atoms with van der Waals surface area (Å²) in [6, 6.07) is 3.34. The van der Waals surface area contributed by atoms with Gasteiger partial charge in [-0.05, 0) is 19.1 Å². The van der Waals surface area contributed by atoms with Crippen LogP contribution in [0.3, 0.4) is 0 Å². The van der Waals surface area contributed by atoms with Crippen molar-refractivity contribution in [2.75, 3.05) is 19.7 Å². The molecule has 1 saturated heterocycles. The van der Waals surface area contributed by atoms with Crippen LogP contribution < -0.4 is 0 Å². The lowest BCUT2D eigenvalue weighted by molar-refractivity contribution is -0.385. The van der Waals surface area contributed by atoms with Gasteiger partial charge in [-0.2, -0.15) is 0 Å². The first-order chi connectivity index (χ1) is 9.79. The molecular weight excluding hydrogens is 283 g/mol. The molecule has 1 N–H and O–H groups in total. The van der Waals surface area contributed by atoms with Gasteiger partial charge in [0.15, 0.2) is 0 Å². The quantitative estimate of drug-likeness (QED) is 0.630. The third-order valence-electron chi connectivity index (χ3n) is 3.29. The number of nitrogens with zero attached hydrogens (tertiary/aromatic N) is 2. The molecule has 0 bridgehead atoms. The van der Waals surface area contributed by atoms with E-state index < -0.39 is 22.3 Å². The van der Waals surface area contributed by atoms with Gasteiger partial charge in [0.2, 0.25) is 0 Å². The predicted molar refractivity (Wildman–Crippen MR) is 70.3 cm³/mol. The number of rotatable bonds is 6. The minimum atomic E-state index is -1.05. The highest BCUT2D eigenvalue weighted by molar-refractivity contribution is 5.68. The van der Waals surface area contributed by atoms with Gasteiger partial charge in [0.25, 0.3) is 5.69 Å². The van der Waals surface area contributed by atoms with Crippen LogP contribution in [0.5, 0.6) is 0 Å². The molecular formula is C13H15FN2O5. The third-order valence-corrected chi connectivity index (χ3v) is 3.29. The van der Waals surface area contributed by atoms with Crippen LogP contribution in [0.15, 0.2) is 18.2 Å². The van der Waals surface area contributed by atoms with Crippen LogP contribution in [0.25, 0.3) is 0 Å². The van der Waals surface area contributed by atoms with E-state index in [9.17, 15) is 19.3 Å². The molecule has 1 heterocycles. The monoisotopic (exact) mass is 298 g/mol. The maximum atomic E-state index is 13.2. The lowest BCUT2D eigenvalue weighted by Gasteiger charge is -2.47. The van der Waals surface area contributed by atoms with E-state index in [4.69, 9.17) is 9.84 Å². The fourth-order valence-electron chi connectivity index (χ4n) is 2.44. The number of ether oxygens (including phenoxy) is 1. The van der Waals surface area contributed by atoms with E-state index in [1.54, 1.807) is 6.92 Å². The molecule has 0 amide bonds. The molecule has 1 aliphatic rings. The summed E-state index contributed by atoms with van der Waals surface area (Å²) in [6.45, 7) is 2.48. The molecule has 8 heteroatoms. The highest BCUT2D eigenvalue weighted by Crippen LogP contribution is 2.29. The molecule has 21 heavy (non-hydrogen) atoms. The minimum absolute atomic E-state index is 0.128. The molecule has 0 spiro atoms. The van der Waals surface area contributed by atoms with Crippen molar-refractivity contribution in [2.45, 2.75) is 19.1 Å².